The molecule has 1 aromatic heterocycles. The molecule has 0 bridgehead atoms. The fraction of sp³-hybridized carbons (Fsp3) is 0.750. The van der Waals surface area contributed by atoms with Crippen molar-refractivity contribution < 1.29 is 0 Å². The normalized spacial score (nSPS) is 16.2. The third-order valence-electron chi connectivity index (χ3n) is 4.03. The Morgan fingerprint density at radius 1 is 1.10 bits per heavy atom. The lowest BCUT2D eigenvalue weighted by atomic mass is 10.2. The van der Waals surface area contributed by atoms with Crippen LogP contribution in [-0.4, -0.2) is 54.1 Å². The first-order chi connectivity index (χ1) is 10.2. The highest BCUT2D eigenvalue weighted by atomic mass is 15.3. The quantitative estimate of drug-likeness (QED) is 0.782. The minimum absolute atomic E-state index is 0.878. The summed E-state index contributed by atoms with van der Waals surface area (Å²) in [6, 6.07) is 2.04. The first kappa shape index (κ1) is 16.0. The Hall–Kier alpha value is -1.36. The minimum Gasteiger partial charge on any atom is -0.370 e. The van der Waals surface area contributed by atoms with Crippen molar-refractivity contribution in [3.05, 3.63) is 11.8 Å². The average Bonchev–Trinajstić information content (AvgIpc) is 2.51. The van der Waals surface area contributed by atoms with Gasteiger partial charge in [0.25, 0.3) is 0 Å². The van der Waals surface area contributed by atoms with Crippen LogP contribution in [0.15, 0.2) is 6.07 Å². The van der Waals surface area contributed by atoms with Crippen LogP contribution in [0.1, 0.15) is 38.8 Å². The van der Waals surface area contributed by atoms with Crippen molar-refractivity contribution in [3.63, 3.8) is 0 Å². The molecule has 5 nitrogen and oxygen atoms in total. The van der Waals surface area contributed by atoms with Gasteiger partial charge in [-0.1, -0.05) is 26.7 Å². The van der Waals surface area contributed by atoms with Gasteiger partial charge in [-0.25, -0.2) is 4.98 Å². The molecule has 1 fully saturated rings. The number of piperazine rings is 1. The number of aryl methyl sites for hydroxylation is 1. The Kier molecular flexibility index (Phi) is 6.23. The van der Waals surface area contributed by atoms with Crippen LogP contribution in [0.2, 0.25) is 0 Å². The predicted octanol–water partition coefficient (Wildman–Crippen LogP) is 2.53. The molecule has 0 atom stereocenters. The number of rotatable bonds is 7. The van der Waals surface area contributed by atoms with Crippen molar-refractivity contribution in [2.24, 2.45) is 0 Å². The number of hydrogen-bond donors (Lipinski definition) is 1. The Bertz CT molecular complexity index is 427. The van der Waals surface area contributed by atoms with Crippen LogP contribution in [0.4, 0.5) is 11.8 Å². The summed E-state index contributed by atoms with van der Waals surface area (Å²) in [5.74, 6) is 1.84. The summed E-state index contributed by atoms with van der Waals surface area (Å²) in [5, 5.41) is 3.43. The van der Waals surface area contributed by atoms with E-state index < -0.39 is 0 Å². The van der Waals surface area contributed by atoms with Crippen molar-refractivity contribution in [1.29, 1.82) is 0 Å². The number of nitrogens with zero attached hydrogens (tertiary/aromatic N) is 4. The first-order valence-corrected chi connectivity index (χ1v) is 8.29. The van der Waals surface area contributed by atoms with E-state index in [1.807, 2.05) is 13.0 Å². The number of aromatic nitrogens is 2. The zero-order valence-corrected chi connectivity index (χ0v) is 13.7. The van der Waals surface area contributed by atoms with Gasteiger partial charge in [0.15, 0.2) is 0 Å². The molecule has 1 saturated heterocycles. The molecule has 0 aromatic carbocycles. The van der Waals surface area contributed by atoms with Gasteiger partial charge in [0.2, 0.25) is 5.95 Å². The summed E-state index contributed by atoms with van der Waals surface area (Å²) >= 11 is 0. The van der Waals surface area contributed by atoms with Gasteiger partial charge >= 0.3 is 0 Å². The molecular formula is C16H29N5. The van der Waals surface area contributed by atoms with Crippen molar-refractivity contribution in [3.8, 4) is 0 Å². The maximum atomic E-state index is 4.69. The van der Waals surface area contributed by atoms with Gasteiger partial charge in [0, 0.05) is 44.5 Å². The monoisotopic (exact) mass is 291 g/mol. The highest BCUT2D eigenvalue weighted by Gasteiger charge is 2.18. The van der Waals surface area contributed by atoms with Crippen LogP contribution in [0.3, 0.4) is 0 Å². The van der Waals surface area contributed by atoms with Gasteiger partial charge in [-0.15, -0.1) is 0 Å². The number of hydrogen-bond acceptors (Lipinski definition) is 5. The molecule has 1 N–H and O–H groups in total. The lowest BCUT2D eigenvalue weighted by molar-refractivity contribution is 0.270. The zero-order valence-electron chi connectivity index (χ0n) is 13.7. The molecule has 1 aromatic rings. The van der Waals surface area contributed by atoms with Crippen molar-refractivity contribution in [2.45, 2.75) is 40.0 Å². The summed E-state index contributed by atoms with van der Waals surface area (Å²) in [4.78, 5) is 14.1. The summed E-state index contributed by atoms with van der Waals surface area (Å²) in [6.07, 6.45) is 3.71. The van der Waals surface area contributed by atoms with Gasteiger partial charge in [-0.05, 0) is 19.9 Å². The average molecular weight is 291 g/mol. The number of unbranched alkanes of at least 4 members (excludes halogenated alkanes) is 2. The van der Waals surface area contributed by atoms with Crippen LogP contribution in [0.25, 0.3) is 0 Å². The van der Waals surface area contributed by atoms with Crippen LogP contribution in [-0.2, 0) is 0 Å². The van der Waals surface area contributed by atoms with Crippen LogP contribution in [0, 0.1) is 6.92 Å². The third kappa shape index (κ3) is 4.84. The fourth-order valence-corrected chi connectivity index (χ4v) is 2.64. The van der Waals surface area contributed by atoms with E-state index in [9.17, 15) is 0 Å². The molecule has 2 rings (SSSR count). The summed E-state index contributed by atoms with van der Waals surface area (Å²) in [6.45, 7) is 12.9. The molecule has 21 heavy (non-hydrogen) atoms. The summed E-state index contributed by atoms with van der Waals surface area (Å²) in [7, 11) is 0. The number of anilines is 2. The van der Waals surface area contributed by atoms with Crippen LogP contribution in [0.5, 0.6) is 0 Å². The second kappa shape index (κ2) is 8.17. The van der Waals surface area contributed by atoms with E-state index in [2.05, 4.69) is 33.9 Å². The molecule has 0 aliphatic carbocycles. The largest absolute Gasteiger partial charge is 0.370 e. The van der Waals surface area contributed by atoms with E-state index in [4.69, 9.17) is 4.98 Å². The van der Waals surface area contributed by atoms with Crippen molar-refractivity contribution >= 4 is 11.8 Å². The molecule has 0 saturated carbocycles. The molecular weight excluding hydrogens is 262 g/mol. The SMILES string of the molecule is CCCCCNc1cc(C)nc(N2CCN(CC)CC2)n1. The fourth-order valence-electron chi connectivity index (χ4n) is 2.64. The molecule has 0 radical (unpaired) electrons. The van der Waals surface area contributed by atoms with Gasteiger partial charge in [-0.3, -0.25) is 0 Å². The summed E-state index contributed by atoms with van der Waals surface area (Å²) in [5.41, 5.74) is 1.04. The molecule has 0 spiro atoms. The zero-order chi connectivity index (χ0) is 15.1. The van der Waals surface area contributed by atoms with Crippen molar-refractivity contribution in [2.75, 3.05) is 49.5 Å². The highest BCUT2D eigenvalue weighted by molar-refractivity contribution is 5.43. The van der Waals surface area contributed by atoms with E-state index in [0.717, 1.165) is 56.7 Å². The molecule has 5 heteroatoms. The van der Waals surface area contributed by atoms with E-state index in [0.29, 0.717) is 0 Å². The summed E-state index contributed by atoms with van der Waals surface area (Å²) < 4.78 is 0. The lowest BCUT2D eigenvalue weighted by Gasteiger charge is -2.34. The van der Waals surface area contributed by atoms with Gasteiger partial charge in [0.05, 0.1) is 0 Å². The Morgan fingerprint density at radius 2 is 1.86 bits per heavy atom. The smallest absolute Gasteiger partial charge is 0.227 e. The van der Waals surface area contributed by atoms with E-state index in [-0.39, 0.29) is 0 Å². The topological polar surface area (TPSA) is 44.3 Å². The maximum Gasteiger partial charge on any atom is 0.227 e. The van der Waals surface area contributed by atoms with Gasteiger partial charge in [-0.2, -0.15) is 4.98 Å². The second-order valence-corrected chi connectivity index (χ2v) is 5.75. The standard InChI is InChI=1S/C16H29N5/c1-4-6-7-8-17-15-13-14(3)18-16(19-15)21-11-9-20(5-2)10-12-21/h13H,4-12H2,1-3H3,(H,17,18,19). The van der Waals surface area contributed by atoms with Gasteiger partial charge < -0.3 is 15.1 Å². The Morgan fingerprint density at radius 3 is 2.52 bits per heavy atom. The Labute approximate surface area is 128 Å². The minimum atomic E-state index is 0.878. The molecule has 1 aliphatic heterocycles. The number of nitrogens with one attached hydrogen (secondary N) is 1. The first-order valence-electron chi connectivity index (χ1n) is 8.29. The molecule has 118 valence electrons. The molecule has 0 amide bonds. The Balaban J connectivity index is 1.95. The second-order valence-electron chi connectivity index (χ2n) is 5.75. The molecule has 2 heterocycles. The molecule has 1 aliphatic rings. The number of likely N-dealkylation sites (N-methyl/N-ethyl adjacent to an activating group) is 1. The van der Waals surface area contributed by atoms with E-state index >= 15 is 0 Å². The predicted molar refractivity (Wildman–Crippen MR) is 89.1 cm³/mol. The van der Waals surface area contributed by atoms with Crippen LogP contribution >= 0.6 is 0 Å². The van der Waals surface area contributed by atoms with E-state index in [1.165, 1.54) is 19.3 Å². The van der Waals surface area contributed by atoms with Crippen LogP contribution < -0.4 is 10.2 Å². The van der Waals surface area contributed by atoms with Crippen molar-refractivity contribution in [1.82, 2.24) is 14.9 Å². The van der Waals surface area contributed by atoms with Gasteiger partial charge in [0.1, 0.15) is 5.82 Å². The lowest BCUT2D eigenvalue weighted by Crippen LogP contribution is -2.46. The van der Waals surface area contributed by atoms with E-state index in [1.54, 1.807) is 0 Å². The molecule has 0 unspecified atom stereocenters. The highest BCUT2D eigenvalue weighted by Crippen LogP contribution is 2.15. The maximum absolute atomic E-state index is 4.69. The third-order valence-corrected chi connectivity index (χ3v) is 4.03.